The van der Waals surface area contributed by atoms with Gasteiger partial charge in [-0.15, -0.1) is 0 Å². The molecule has 0 saturated heterocycles. The molecular weight excluding hydrogens is 252 g/mol. The minimum Gasteiger partial charge on any atom is -0.376 e. The molecule has 0 radical (unpaired) electrons. The van der Waals surface area contributed by atoms with Crippen LogP contribution in [0.15, 0.2) is 48.5 Å². The van der Waals surface area contributed by atoms with Crippen LogP contribution < -0.4 is 5.32 Å². The number of rotatable bonds is 4. The van der Waals surface area contributed by atoms with Gasteiger partial charge in [0, 0.05) is 18.0 Å². The highest BCUT2D eigenvalue weighted by Gasteiger charge is 2.39. The standard InChI is InChI=1S/C16H16N2O2/c1-11-7-8-14(16(9-11)18(19)20)17-15-10-13(15)12-5-3-2-4-6-12/h2-9,13,15,17H,10H2,1H3. The van der Waals surface area contributed by atoms with Gasteiger partial charge in [0.15, 0.2) is 0 Å². The topological polar surface area (TPSA) is 55.2 Å². The van der Waals surface area contributed by atoms with E-state index in [2.05, 4.69) is 17.4 Å². The molecule has 4 nitrogen and oxygen atoms in total. The van der Waals surface area contributed by atoms with Crippen molar-refractivity contribution in [2.45, 2.75) is 25.3 Å². The predicted molar refractivity (Wildman–Crippen MR) is 79.0 cm³/mol. The zero-order chi connectivity index (χ0) is 14.1. The van der Waals surface area contributed by atoms with Gasteiger partial charge in [-0.3, -0.25) is 10.1 Å². The molecule has 3 rings (SSSR count). The summed E-state index contributed by atoms with van der Waals surface area (Å²) in [5.74, 6) is 0.456. The van der Waals surface area contributed by atoms with E-state index in [1.54, 1.807) is 12.1 Å². The number of nitrogens with zero attached hydrogens (tertiary/aromatic N) is 1. The second kappa shape index (κ2) is 4.96. The molecule has 4 heteroatoms. The molecule has 0 spiro atoms. The van der Waals surface area contributed by atoms with Crippen LogP contribution in [0.25, 0.3) is 0 Å². The SMILES string of the molecule is Cc1ccc(NC2CC2c2ccccc2)c([N+](=O)[O-])c1. The van der Waals surface area contributed by atoms with E-state index in [0.717, 1.165) is 12.0 Å². The second-order valence-electron chi connectivity index (χ2n) is 5.28. The van der Waals surface area contributed by atoms with Gasteiger partial charge in [-0.25, -0.2) is 0 Å². The van der Waals surface area contributed by atoms with Crippen LogP contribution in [0.3, 0.4) is 0 Å². The van der Waals surface area contributed by atoms with Gasteiger partial charge in [0.1, 0.15) is 5.69 Å². The molecule has 0 heterocycles. The van der Waals surface area contributed by atoms with Crippen LogP contribution >= 0.6 is 0 Å². The summed E-state index contributed by atoms with van der Waals surface area (Å²) < 4.78 is 0. The Morgan fingerprint density at radius 3 is 2.65 bits per heavy atom. The smallest absolute Gasteiger partial charge is 0.292 e. The minimum absolute atomic E-state index is 0.156. The number of benzene rings is 2. The third kappa shape index (κ3) is 2.50. The van der Waals surface area contributed by atoms with Crippen LogP contribution in [0.2, 0.25) is 0 Å². The molecule has 1 N–H and O–H groups in total. The molecule has 0 bridgehead atoms. The highest BCUT2D eigenvalue weighted by Crippen LogP contribution is 2.43. The maximum atomic E-state index is 11.1. The van der Waals surface area contributed by atoms with Crippen molar-refractivity contribution in [3.63, 3.8) is 0 Å². The van der Waals surface area contributed by atoms with E-state index in [0.29, 0.717) is 17.6 Å². The van der Waals surface area contributed by atoms with Gasteiger partial charge in [0.25, 0.3) is 5.69 Å². The molecular formula is C16H16N2O2. The Bertz CT molecular complexity index is 640. The number of anilines is 1. The summed E-state index contributed by atoms with van der Waals surface area (Å²) in [7, 11) is 0. The minimum atomic E-state index is -0.324. The van der Waals surface area contributed by atoms with Gasteiger partial charge in [0.05, 0.1) is 4.92 Å². The van der Waals surface area contributed by atoms with Crippen molar-refractivity contribution < 1.29 is 4.92 Å². The maximum absolute atomic E-state index is 11.1. The Morgan fingerprint density at radius 2 is 1.95 bits per heavy atom. The lowest BCUT2D eigenvalue weighted by Gasteiger charge is -2.07. The summed E-state index contributed by atoms with van der Waals surface area (Å²) in [6.45, 7) is 1.86. The first kappa shape index (κ1) is 12.7. The largest absolute Gasteiger partial charge is 0.376 e. The summed E-state index contributed by atoms with van der Waals surface area (Å²) in [6.07, 6.45) is 1.02. The molecule has 2 unspecified atom stereocenters. The predicted octanol–water partition coefficient (Wildman–Crippen LogP) is 3.87. The molecule has 1 aliphatic carbocycles. The maximum Gasteiger partial charge on any atom is 0.292 e. The van der Waals surface area contributed by atoms with Gasteiger partial charge in [-0.2, -0.15) is 0 Å². The fourth-order valence-electron chi connectivity index (χ4n) is 2.54. The summed E-state index contributed by atoms with van der Waals surface area (Å²) in [5, 5.41) is 14.4. The Balaban J connectivity index is 1.76. The van der Waals surface area contributed by atoms with Gasteiger partial charge in [0.2, 0.25) is 0 Å². The van der Waals surface area contributed by atoms with Gasteiger partial charge >= 0.3 is 0 Å². The lowest BCUT2D eigenvalue weighted by atomic mass is 10.1. The molecule has 2 aromatic carbocycles. The normalized spacial score (nSPS) is 20.4. The van der Waals surface area contributed by atoms with E-state index in [1.165, 1.54) is 5.56 Å². The van der Waals surface area contributed by atoms with Crippen LogP contribution in [0, 0.1) is 17.0 Å². The fourth-order valence-corrected chi connectivity index (χ4v) is 2.54. The van der Waals surface area contributed by atoms with Crippen molar-refractivity contribution in [1.82, 2.24) is 0 Å². The molecule has 1 fully saturated rings. The van der Waals surface area contributed by atoms with Gasteiger partial charge < -0.3 is 5.32 Å². The zero-order valence-corrected chi connectivity index (χ0v) is 11.2. The van der Waals surface area contributed by atoms with Crippen LogP contribution in [0.4, 0.5) is 11.4 Å². The Labute approximate surface area is 117 Å². The van der Waals surface area contributed by atoms with Crippen molar-refractivity contribution in [2.24, 2.45) is 0 Å². The number of hydrogen-bond acceptors (Lipinski definition) is 3. The lowest BCUT2D eigenvalue weighted by molar-refractivity contribution is -0.384. The Kier molecular flexibility index (Phi) is 3.14. The molecule has 20 heavy (non-hydrogen) atoms. The average Bonchev–Trinajstić information content (AvgIpc) is 3.21. The molecule has 1 aliphatic rings. The molecule has 102 valence electrons. The van der Waals surface area contributed by atoms with Crippen LogP contribution in [0.1, 0.15) is 23.5 Å². The van der Waals surface area contributed by atoms with E-state index in [4.69, 9.17) is 0 Å². The van der Waals surface area contributed by atoms with Crippen LogP contribution in [-0.4, -0.2) is 11.0 Å². The average molecular weight is 268 g/mol. The second-order valence-corrected chi connectivity index (χ2v) is 5.28. The molecule has 2 aromatic rings. The number of nitro benzene ring substituents is 1. The highest BCUT2D eigenvalue weighted by atomic mass is 16.6. The Hall–Kier alpha value is -2.36. The van der Waals surface area contributed by atoms with E-state index >= 15 is 0 Å². The van der Waals surface area contributed by atoms with Crippen molar-refractivity contribution in [1.29, 1.82) is 0 Å². The molecule has 0 aromatic heterocycles. The molecule has 2 atom stereocenters. The van der Waals surface area contributed by atoms with Gasteiger partial charge in [-0.05, 0) is 30.5 Å². The van der Waals surface area contributed by atoms with E-state index < -0.39 is 0 Å². The van der Waals surface area contributed by atoms with Crippen molar-refractivity contribution in [2.75, 3.05) is 5.32 Å². The number of aryl methyl sites for hydroxylation is 1. The molecule has 0 amide bonds. The zero-order valence-electron chi connectivity index (χ0n) is 11.2. The van der Waals surface area contributed by atoms with Crippen molar-refractivity contribution in [3.8, 4) is 0 Å². The van der Waals surface area contributed by atoms with Crippen molar-refractivity contribution >= 4 is 11.4 Å². The summed E-state index contributed by atoms with van der Waals surface area (Å²) in [4.78, 5) is 10.8. The molecule has 1 saturated carbocycles. The third-order valence-electron chi connectivity index (χ3n) is 3.71. The highest BCUT2D eigenvalue weighted by molar-refractivity contribution is 5.64. The van der Waals surface area contributed by atoms with Crippen LogP contribution in [-0.2, 0) is 0 Å². The first-order valence-corrected chi connectivity index (χ1v) is 6.71. The van der Waals surface area contributed by atoms with E-state index in [1.807, 2.05) is 31.2 Å². The summed E-state index contributed by atoms with van der Waals surface area (Å²) in [6, 6.07) is 15.9. The number of hydrogen-bond donors (Lipinski definition) is 1. The fraction of sp³-hybridized carbons (Fsp3) is 0.250. The third-order valence-corrected chi connectivity index (χ3v) is 3.71. The first-order valence-electron chi connectivity index (χ1n) is 6.71. The summed E-state index contributed by atoms with van der Waals surface area (Å²) in [5.41, 5.74) is 2.96. The Morgan fingerprint density at radius 1 is 1.20 bits per heavy atom. The lowest BCUT2D eigenvalue weighted by Crippen LogP contribution is -2.06. The first-order chi connectivity index (χ1) is 9.65. The van der Waals surface area contributed by atoms with Gasteiger partial charge in [-0.1, -0.05) is 36.4 Å². The van der Waals surface area contributed by atoms with Crippen molar-refractivity contribution in [3.05, 3.63) is 69.8 Å². The summed E-state index contributed by atoms with van der Waals surface area (Å²) >= 11 is 0. The monoisotopic (exact) mass is 268 g/mol. The number of nitro groups is 1. The number of nitrogens with one attached hydrogen (secondary N) is 1. The van der Waals surface area contributed by atoms with E-state index in [9.17, 15) is 10.1 Å². The quantitative estimate of drug-likeness (QED) is 0.676. The molecule has 0 aliphatic heterocycles. The van der Waals surface area contributed by atoms with Crippen LogP contribution in [0.5, 0.6) is 0 Å². The van der Waals surface area contributed by atoms with E-state index in [-0.39, 0.29) is 10.6 Å².